The van der Waals surface area contributed by atoms with Gasteiger partial charge in [0.05, 0.1) is 42.5 Å². The predicted molar refractivity (Wildman–Crippen MR) is 261 cm³/mol. The van der Waals surface area contributed by atoms with Gasteiger partial charge in [0.1, 0.15) is 12.1 Å². The minimum Gasteiger partial charge on any atom is -0.465 e. The Bertz CT molecular complexity index is 2540. The van der Waals surface area contributed by atoms with Gasteiger partial charge < -0.3 is 29.2 Å². The van der Waals surface area contributed by atoms with Crippen LogP contribution in [-0.4, -0.2) is 113 Å². The number of aryl methyl sites for hydroxylation is 1. The average molecular weight is 929 g/mol. The standard InChI is InChI=1S/C53H68N8O7/c1-10-46(63)59-27-21-40(32-59)51(65)58(8)48(34(2)3)50(64)57-44(52(66)61-26-12-11-24-56-61)29-37-16-13-17-38(28-37)39-19-20-45-42(30-39)43(31-53(6,7)33-68-36(5)62)49(60(45)25-15-22-54)41-18-14-23-55-47(41)35(4)67-9/h10,13-14,16-20,23,28,30,34-35,40,44,48,56H,1,11-12,15,21,24-27,29,31-33H2,2-9H3,(H,57,64)/t35-,40-,44-,48?/m0/s1. The number of pyridine rings is 1. The summed E-state index contributed by atoms with van der Waals surface area (Å²) in [7, 11) is 3.27. The van der Waals surface area contributed by atoms with E-state index in [9.17, 15) is 29.2 Å². The molecule has 15 heteroatoms. The number of nitrogens with zero attached hydrogens (tertiary/aromatic N) is 6. The third-order valence-corrected chi connectivity index (χ3v) is 13.1. The zero-order chi connectivity index (χ0) is 49.3. The molecule has 2 N–H and O–H groups in total. The van der Waals surface area contributed by atoms with E-state index in [1.54, 1.807) is 30.3 Å². The second-order valence-electron chi connectivity index (χ2n) is 19.2. The highest BCUT2D eigenvalue weighted by atomic mass is 16.5. The molecule has 0 bridgehead atoms. The van der Waals surface area contributed by atoms with Crippen LogP contribution in [-0.2, 0) is 52.8 Å². The molecule has 0 radical (unpaired) electrons. The number of ether oxygens (including phenoxy) is 2. The second-order valence-corrected chi connectivity index (χ2v) is 19.2. The molecule has 0 spiro atoms. The first-order valence-electron chi connectivity index (χ1n) is 23.7. The Hall–Kier alpha value is -6.37. The number of fused-ring (bicyclic) bond motifs is 1. The number of aromatic nitrogens is 2. The van der Waals surface area contributed by atoms with Gasteiger partial charge in [0.25, 0.3) is 5.91 Å². The molecule has 15 nitrogen and oxygen atoms in total. The fraction of sp³-hybridized carbons (Fsp3) is 0.491. The summed E-state index contributed by atoms with van der Waals surface area (Å²) in [5, 5.41) is 15.5. The molecule has 2 saturated heterocycles. The number of carbonyl (C=O) groups is 5. The number of carbonyl (C=O) groups excluding carboxylic acids is 5. The van der Waals surface area contributed by atoms with Crippen LogP contribution >= 0.6 is 0 Å². The summed E-state index contributed by atoms with van der Waals surface area (Å²) in [6, 6.07) is 18.7. The summed E-state index contributed by atoms with van der Waals surface area (Å²) < 4.78 is 13.6. The van der Waals surface area contributed by atoms with Crippen molar-refractivity contribution >= 4 is 40.5 Å². The molecule has 2 fully saturated rings. The molecule has 4 aromatic rings. The maximum absolute atomic E-state index is 14.4. The van der Waals surface area contributed by atoms with Crippen molar-refractivity contribution in [2.45, 2.75) is 105 Å². The lowest BCUT2D eigenvalue weighted by Gasteiger charge is -2.35. The lowest BCUT2D eigenvalue weighted by atomic mass is 9.84. The highest BCUT2D eigenvalue weighted by molar-refractivity contribution is 5.96. The number of methoxy groups -OCH3 is 1. The maximum atomic E-state index is 14.4. The smallest absolute Gasteiger partial charge is 0.302 e. The van der Waals surface area contributed by atoms with Crippen LogP contribution in [0.5, 0.6) is 0 Å². The van der Waals surface area contributed by atoms with E-state index >= 15 is 0 Å². The molecule has 4 atom stereocenters. The van der Waals surface area contributed by atoms with Gasteiger partial charge in [-0.05, 0) is 91.1 Å². The van der Waals surface area contributed by atoms with Crippen molar-refractivity contribution < 1.29 is 33.4 Å². The molecule has 362 valence electrons. The molecular weight excluding hydrogens is 861 g/mol. The van der Waals surface area contributed by atoms with Gasteiger partial charge in [-0.2, -0.15) is 5.26 Å². The monoisotopic (exact) mass is 929 g/mol. The number of amides is 4. The molecular formula is C53H68N8O7. The van der Waals surface area contributed by atoms with Gasteiger partial charge in [-0.25, -0.2) is 5.43 Å². The SMILES string of the molecule is C=CC(=O)N1CC[C@H](C(=O)N(C)C(C(=O)N[C@@H](Cc2cccc(-c3ccc4c(c3)c(CC(C)(C)COC(C)=O)c(-c3cccnc3[C@H](C)OC)n4CCC#N)c2)C(=O)N2CCCCN2)C(C)C)C1. The third kappa shape index (κ3) is 11.8. The first-order valence-corrected chi connectivity index (χ1v) is 23.7. The Morgan fingerprint density at radius 2 is 1.82 bits per heavy atom. The first-order chi connectivity index (χ1) is 32.5. The van der Waals surface area contributed by atoms with E-state index in [0.717, 1.165) is 62.9 Å². The number of likely N-dealkylation sites (tertiary alicyclic amines) is 1. The van der Waals surface area contributed by atoms with Gasteiger partial charge in [0.2, 0.25) is 17.7 Å². The Balaban J connectivity index is 1.38. The van der Waals surface area contributed by atoms with Crippen LogP contribution in [0.3, 0.4) is 0 Å². The number of hydrogen-bond donors (Lipinski definition) is 2. The van der Waals surface area contributed by atoms with E-state index in [-0.39, 0.29) is 61.7 Å². The summed E-state index contributed by atoms with van der Waals surface area (Å²) in [4.78, 5) is 74.8. The molecule has 6 rings (SSSR count). The molecule has 68 heavy (non-hydrogen) atoms. The van der Waals surface area contributed by atoms with Crippen LogP contribution in [0.15, 0.2) is 73.4 Å². The summed E-state index contributed by atoms with van der Waals surface area (Å²) in [5.41, 5.74) is 9.91. The number of hydrazine groups is 1. The van der Waals surface area contributed by atoms with Crippen LogP contribution in [0.2, 0.25) is 0 Å². The number of nitriles is 1. The van der Waals surface area contributed by atoms with Gasteiger partial charge in [0.15, 0.2) is 0 Å². The minimum atomic E-state index is -0.950. The normalized spacial score (nSPS) is 16.5. The van der Waals surface area contributed by atoms with Crippen LogP contribution in [0, 0.1) is 28.6 Å². The van der Waals surface area contributed by atoms with E-state index in [1.165, 1.54) is 17.9 Å². The number of likely N-dealkylation sites (N-methyl/N-ethyl adjacent to an activating group) is 1. The van der Waals surface area contributed by atoms with Crippen molar-refractivity contribution in [3.8, 4) is 28.5 Å². The fourth-order valence-electron chi connectivity index (χ4n) is 9.64. The van der Waals surface area contributed by atoms with Crippen molar-refractivity contribution in [1.82, 2.24) is 35.1 Å². The molecule has 0 aliphatic carbocycles. The van der Waals surface area contributed by atoms with Crippen molar-refractivity contribution in [1.29, 1.82) is 5.26 Å². The molecule has 1 unspecified atom stereocenters. The molecule has 4 amide bonds. The van der Waals surface area contributed by atoms with Crippen molar-refractivity contribution in [3.63, 3.8) is 0 Å². The van der Waals surface area contributed by atoms with Gasteiger partial charge in [-0.3, -0.25) is 34.0 Å². The molecule has 2 aromatic carbocycles. The summed E-state index contributed by atoms with van der Waals surface area (Å²) in [6.45, 7) is 17.3. The van der Waals surface area contributed by atoms with Crippen molar-refractivity contribution in [3.05, 3.63) is 90.3 Å². The topological polar surface area (TPSA) is 179 Å². The van der Waals surface area contributed by atoms with Crippen LogP contribution in [0.1, 0.15) is 90.2 Å². The van der Waals surface area contributed by atoms with Crippen molar-refractivity contribution in [2.75, 3.05) is 46.9 Å². The molecule has 2 aromatic heterocycles. The number of benzene rings is 2. The molecule has 0 saturated carbocycles. The predicted octanol–water partition coefficient (Wildman–Crippen LogP) is 6.79. The number of hydrogen-bond acceptors (Lipinski definition) is 10. The second kappa shape index (κ2) is 22.6. The molecule has 2 aliphatic rings. The highest BCUT2D eigenvalue weighted by Gasteiger charge is 2.39. The lowest BCUT2D eigenvalue weighted by Crippen LogP contribution is -2.59. The molecule has 4 heterocycles. The number of nitrogens with one attached hydrogen (secondary N) is 2. The van der Waals surface area contributed by atoms with E-state index in [2.05, 4.69) is 60.0 Å². The Kier molecular flexibility index (Phi) is 17.0. The van der Waals surface area contributed by atoms with E-state index in [1.807, 2.05) is 57.2 Å². The van der Waals surface area contributed by atoms with Gasteiger partial charge in [0, 0.05) is 88.3 Å². The Labute approximate surface area is 400 Å². The number of rotatable bonds is 19. The largest absolute Gasteiger partial charge is 0.465 e. The fourth-order valence-corrected chi connectivity index (χ4v) is 9.64. The minimum absolute atomic E-state index is 0.189. The van der Waals surface area contributed by atoms with Gasteiger partial charge >= 0.3 is 5.97 Å². The lowest BCUT2D eigenvalue weighted by molar-refractivity contribution is -0.146. The van der Waals surface area contributed by atoms with Gasteiger partial charge in [-0.1, -0.05) is 64.6 Å². The van der Waals surface area contributed by atoms with Crippen LogP contribution in [0.4, 0.5) is 0 Å². The summed E-state index contributed by atoms with van der Waals surface area (Å²) in [6.07, 6.45) is 5.91. The molecule has 2 aliphatic heterocycles. The quantitative estimate of drug-likeness (QED) is 0.0751. The Morgan fingerprint density at radius 3 is 2.50 bits per heavy atom. The van der Waals surface area contributed by atoms with Gasteiger partial charge in [-0.15, -0.1) is 0 Å². The Morgan fingerprint density at radius 1 is 1.06 bits per heavy atom. The van der Waals surface area contributed by atoms with Crippen molar-refractivity contribution in [2.24, 2.45) is 17.3 Å². The van der Waals surface area contributed by atoms with E-state index in [4.69, 9.17) is 14.5 Å². The van der Waals surface area contributed by atoms with E-state index < -0.39 is 29.3 Å². The third-order valence-electron chi connectivity index (χ3n) is 13.1. The summed E-state index contributed by atoms with van der Waals surface area (Å²) >= 11 is 0. The van der Waals surface area contributed by atoms with Crippen LogP contribution in [0.25, 0.3) is 33.3 Å². The highest BCUT2D eigenvalue weighted by Crippen LogP contribution is 2.42. The van der Waals surface area contributed by atoms with Crippen LogP contribution < -0.4 is 10.7 Å². The maximum Gasteiger partial charge on any atom is 0.302 e. The number of esters is 1. The average Bonchev–Trinajstić information content (AvgIpc) is 3.94. The first kappa shape index (κ1) is 51.0. The summed E-state index contributed by atoms with van der Waals surface area (Å²) in [5.74, 6) is -2.23. The zero-order valence-electron chi connectivity index (χ0n) is 41.0. The zero-order valence-corrected chi connectivity index (χ0v) is 41.0. The van der Waals surface area contributed by atoms with E-state index in [0.29, 0.717) is 39.0 Å².